The molecule has 53 heavy (non-hydrogen) atoms. The molecule has 2 aliphatic heterocycles. The first-order valence-corrected chi connectivity index (χ1v) is 19.2. The fraction of sp³-hybridized carbons (Fsp3) is 0.268. The number of piperazine rings is 1. The van der Waals surface area contributed by atoms with Crippen LogP contribution in [0.3, 0.4) is 0 Å². The van der Waals surface area contributed by atoms with Crippen molar-refractivity contribution < 1.29 is 33.8 Å². The Kier molecular flexibility index (Phi) is 9.86. The molecule has 1 N–H and O–H groups in total. The van der Waals surface area contributed by atoms with Gasteiger partial charge in [-0.1, -0.05) is 40.2 Å². The summed E-state index contributed by atoms with van der Waals surface area (Å²) in [6.07, 6.45) is 0.170. The van der Waals surface area contributed by atoms with Crippen LogP contribution in [0, 0.1) is 0 Å². The monoisotopic (exact) mass is 793 g/mol. The third kappa shape index (κ3) is 7.24. The first kappa shape index (κ1) is 35.2. The first-order valence-electron chi connectivity index (χ1n) is 17.6. The van der Waals surface area contributed by atoms with Gasteiger partial charge in [-0.25, -0.2) is 0 Å². The summed E-state index contributed by atoms with van der Waals surface area (Å²) in [7, 11) is 0. The number of ether oxygens (including phenoxy) is 2. The average molecular weight is 795 g/mol. The molecule has 1 aromatic heterocycles. The first-order chi connectivity index (χ1) is 25.7. The average Bonchev–Trinajstić information content (AvgIpc) is 3.63. The van der Waals surface area contributed by atoms with Gasteiger partial charge in [0.05, 0.1) is 41.7 Å². The Labute approximate surface area is 318 Å². The number of anilines is 1. The Morgan fingerprint density at radius 1 is 0.830 bits per heavy atom. The van der Waals surface area contributed by atoms with Crippen molar-refractivity contribution >= 4 is 66.4 Å². The lowest BCUT2D eigenvalue weighted by Gasteiger charge is -2.36. The van der Waals surface area contributed by atoms with Crippen LogP contribution in [0.4, 0.5) is 5.69 Å². The Morgan fingerprint density at radius 3 is 2.34 bits per heavy atom. The second kappa shape index (κ2) is 14.9. The number of rotatable bonds is 10. The van der Waals surface area contributed by atoms with Crippen molar-refractivity contribution in [3.8, 4) is 27.7 Å². The fourth-order valence-electron chi connectivity index (χ4n) is 7.20. The maximum absolute atomic E-state index is 13.3. The number of Topliss-reactive ketones (excluding diaryl/α,β-unsaturated/α-hetero) is 2. The Bertz CT molecular complexity index is 2230. The van der Waals surface area contributed by atoms with E-state index in [-0.39, 0.29) is 36.6 Å². The molecule has 10 nitrogen and oxygen atoms in total. The number of imide groups is 1. The molecule has 3 heterocycles. The van der Waals surface area contributed by atoms with Gasteiger partial charge in [0, 0.05) is 59.4 Å². The highest BCUT2D eigenvalue weighted by Gasteiger charge is 2.44. The lowest BCUT2D eigenvalue weighted by molar-refractivity contribution is -0.132. The summed E-state index contributed by atoms with van der Waals surface area (Å²) in [5.41, 5.74) is 3.58. The number of hydrogen-bond acceptors (Lipinski definition) is 10. The van der Waals surface area contributed by atoms with Gasteiger partial charge >= 0.3 is 0 Å². The van der Waals surface area contributed by atoms with Gasteiger partial charge in [-0.2, -0.15) is 0 Å². The van der Waals surface area contributed by atoms with Crippen LogP contribution in [0.5, 0.6) is 17.2 Å². The van der Waals surface area contributed by atoms with Gasteiger partial charge in [0.1, 0.15) is 17.3 Å². The van der Waals surface area contributed by atoms with Crippen molar-refractivity contribution in [1.82, 2.24) is 9.80 Å². The predicted octanol–water partition coefficient (Wildman–Crippen LogP) is 7.45. The van der Waals surface area contributed by atoms with E-state index in [0.29, 0.717) is 30.1 Å². The zero-order valence-corrected chi connectivity index (χ0v) is 31.2. The molecule has 0 bridgehead atoms. The van der Waals surface area contributed by atoms with Gasteiger partial charge in [-0.3, -0.25) is 29.0 Å². The third-order valence-corrected chi connectivity index (χ3v) is 11.8. The molecule has 0 radical (unpaired) electrons. The van der Waals surface area contributed by atoms with E-state index in [1.165, 1.54) is 0 Å². The van der Waals surface area contributed by atoms with Gasteiger partial charge < -0.3 is 19.5 Å². The predicted molar refractivity (Wildman–Crippen MR) is 206 cm³/mol. The van der Waals surface area contributed by atoms with E-state index in [0.717, 1.165) is 79.6 Å². The molecule has 3 aliphatic rings. The topological polar surface area (TPSA) is 117 Å². The summed E-state index contributed by atoms with van der Waals surface area (Å²) < 4.78 is 14.5. The molecule has 5 aromatic rings. The number of carbonyl (C=O) groups excluding carboxylic acids is 4. The number of nitrogens with zero attached hydrogens (tertiary/aromatic N) is 3. The number of aromatic hydroxyl groups is 1. The standard InChI is InChI=1S/C41H36BrN3O7S/c42-27-5-3-26(4-6-27)39-38(33-13-8-30(47)23-37(33)53-39)52-31-10-1-25(2-11-31)24-51-20-19-43-15-17-44(18-16-43)28-7-12-32-34(21-28)41(50)45(40(32)49)35-14-9-29(46)22-36(35)48/h1-8,10-13,21,23,35,47H,9,14-20,22,24H2. The van der Waals surface area contributed by atoms with Crippen LogP contribution in [-0.4, -0.2) is 83.7 Å². The smallest absolute Gasteiger partial charge is 0.262 e. The van der Waals surface area contributed by atoms with E-state index >= 15 is 0 Å². The zero-order valence-electron chi connectivity index (χ0n) is 28.8. The molecule has 4 aromatic carbocycles. The molecule has 1 saturated heterocycles. The van der Waals surface area contributed by atoms with Crippen molar-refractivity contribution in [2.45, 2.75) is 31.9 Å². The van der Waals surface area contributed by atoms with E-state index in [2.05, 4.69) is 25.7 Å². The molecule has 1 saturated carbocycles. The Morgan fingerprint density at radius 2 is 1.58 bits per heavy atom. The van der Waals surface area contributed by atoms with Crippen LogP contribution in [0.25, 0.3) is 20.5 Å². The van der Waals surface area contributed by atoms with Crippen LogP contribution in [0.2, 0.25) is 0 Å². The molecule has 12 heteroatoms. The second-order valence-electron chi connectivity index (χ2n) is 13.5. The lowest BCUT2D eigenvalue weighted by atomic mass is 9.92. The Balaban J connectivity index is 0.821. The summed E-state index contributed by atoms with van der Waals surface area (Å²) in [4.78, 5) is 57.2. The minimum absolute atomic E-state index is 0.146. The summed E-state index contributed by atoms with van der Waals surface area (Å²) in [5.74, 6) is 0.267. The van der Waals surface area contributed by atoms with Crippen LogP contribution in [-0.2, 0) is 20.9 Å². The highest BCUT2D eigenvalue weighted by Crippen LogP contribution is 2.47. The van der Waals surface area contributed by atoms with E-state index < -0.39 is 17.9 Å². The number of thiophene rings is 1. The van der Waals surface area contributed by atoms with Gasteiger partial charge in [-0.05, 0) is 78.2 Å². The van der Waals surface area contributed by atoms with Gasteiger partial charge in [0.25, 0.3) is 11.8 Å². The quantitative estimate of drug-likeness (QED) is 0.0875. The lowest BCUT2D eigenvalue weighted by Crippen LogP contribution is -2.47. The minimum Gasteiger partial charge on any atom is -0.508 e. The number of amides is 2. The fourth-order valence-corrected chi connectivity index (χ4v) is 8.63. The number of benzene rings is 4. The van der Waals surface area contributed by atoms with Crippen LogP contribution < -0.4 is 9.64 Å². The number of hydrogen-bond donors (Lipinski definition) is 1. The molecule has 270 valence electrons. The van der Waals surface area contributed by atoms with Crippen LogP contribution >= 0.6 is 27.3 Å². The molecule has 2 amide bonds. The van der Waals surface area contributed by atoms with Gasteiger partial charge in [0.15, 0.2) is 11.5 Å². The van der Waals surface area contributed by atoms with Crippen molar-refractivity contribution in [1.29, 1.82) is 0 Å². The minimum atomic E-state index is -0.866. The van der Waals surface area contributed by atoms with Crippen molar-refractivity contribution in [3.63, 3.8) is 0 Å². The van der Waals surface area contributed by atoms with Crippen molar-refractivity contribution in [2.75, 3.05) is 44.2 Å². The SMILES string of the molecule is O=C1CCC(N2C(=O)c3ccc(N4CCN(CCOCc5ccc(Oc6c(-c7ccc(Br)cc7)sc7cc(O)ccc67)cc5)CC4)cc3C2=O)C(=O)C1. The van der Waals surface area contributed by atoms with Gasteiger partial charge in [-0.15, -0.1) is 11.3 Å². The highest BCUT2D eigenvalue weighted by atomic mass is 79.9. The van der Waals surface area contributed by atoms with Crippen molar-refractivity contribution in [3.05, 3.63) is 106 Å². The highest BCUT2D eigenvalue weighted by molar-refractivity contribution is 9.10. The summed E-state index contributed by atoms with van der Waals surface area (Å²) in [6.45, 7) is 5.04. The summed E-state index contributed by atoms with van der Waals surface area (Å²) in [5, 5.41) is 11.0. The van der Waals surface area contributed by atoms with E-state index in [1.807, 2.05) is 60.7 Å². The molecule has 2 fully saturated rings. The maximum Gasteiger partial charge on any atom is 0.262 e. The second-order valence-corrected chi connectivity index (χ2v) is 15.5. The van der Waals surface area contributed by atoms with Crippen LogP contribution in [0.1, 0.15) is 45.5 Å². The maximum atomic E-state index is 13.3. The molecule has 1 aliphatic carbocycles. The summed E-state index contributed by atoms with van der Waals surface area (Å²) >= 11 is 5.09. The molecule has 8 rings (SSSR count). The van der Waals surface area contributed by atoms with Crippen LogP contribution in [0.15, 0.2) is 89.4 Å². The molecule has 0 spiro atoms. The van der Waals surface area contributed by atoms with Gasteiger partial charge in [0.2, 0.25) is 0 Å². The number of fused-ring (bicyclic) bond motifs is 2. The normalized spacial score (nSPS) is 17.9. The molecule has 1 unspecified atom stereocenters. The number of phenols is 1. The number of phenolic OH excluding ortho intramolecular Hbond substituents is 1. The molecular formula is C41H36BrN3O7S. The molecule has 1 atom stereocenters. The summed E-state index contributed by atoms with van der Waals surface area (Å²) in [6, 6.07) is 25.8. The number of halogens is 1. The Hall–Kier alpha value is -4.88. The van der Waals surface area contributed by atoms with E-state index in [9.17, 15) is 24.3 Å². The van der Waals surface area contributed by atoms with Crippen molar-refractivity contribution in [2.24, 2.45) is 0 Å². The van der Waals surface area contributed by atoms with E-state index in [1.54, 1.807) is 35.6 Å². The third-order valence-electron chi connectivity index (χ3n) is 10.1. The number of ketones is 2. The van der Waals surface area contributed by atoms with E-state index in [4.69, 9.17) is 9.47 Å². The zero-order chi connectivity index (χ0) is 36.6. The largest absolute Gasteiger partial charge is 0.508 e. The number of carbonyl (C=O) groups is 4. The molecular weight excluding hydrogens is 758 g/mol.